The topological polar surface area (TPSA) is 77.5 Å². The first-order valence-electron chi connectivity index (χ1n) is 10.5. The van der Waals surface area contributed by atoms with Gasteiger partial charge in [0.25, 0.3) is 5.91 Å². The molecule has 2 unspecified atom stereocenters. The molecule has 2 atom stereocenters. The lowest BCUT2D eigenvalue weighted by atomic mass is 10.1. The van der Waals surface area contributed by atoms with E-state index in [-0.39, 0.29) is 12.3 Å². The number of pyridine rings is 1. The fourth-order valence-corrected chi connectivity index (χ4v) is 4.75. The summed E-state index contributed by atoms with van der Waals surface area (Å²) >= 11 is 6.64. The number of amides is 1. The van der Waals surface area contributed by atoms with Crippen LogP contribution in [0.15, 0.2) is 42.1 Å². The standard InChI is InChI=1S/C22H26ClF3N4O2S/c1-3-33-19(22(24,25)26)16-13-21(2,32)30(20(16)31)11-10-27-8-9-29-17-6-7-28-18-12-14(23)4-5-15(17)18/h4-7,12-13,19,27,32H,3,8-11H2,1-2H3,(H,28,29). The number of nitrogens with zero attached hydrogens (tertiary/aromatic N) is 2. The van der Waals surface area contributed by atoms with Gasteiger partial charge in [0.2, 0.25) is 0 Å². The molecule has 3 rings (SSSR count). The fourth-order valence-electron chi connectivity index (χ4n) is 3.72. The molecule has 1 aliphatic rings. The number of benzene rings is 1. The van der Waals surface area contributed by atoms with E-state index in [1.165, 1.54) is 6.92 Å². The van der Waals surface area contributed by atoms with Crippen LogP contribution in [0.4, 0.5) is 18.9 Å². The Morgan fingerprint density at radius 2 is 2.03 bits per heavy atom. The molecule has 0 aliphatic carbocycles. The molecule has 3 N–H and O–H groups in total. The highest BCUT2D eigenvalue weighted by Crippen LogP contribution is 2.40. The summed E-state index contributed by atoms with van der Waals surface area (Å²) in [5.74, 6) is -0.587. The van der Waals surface area contributed by atoms with Gasteiger partial charge in [-0.1, -0.05) is 18.5 Å². The molecule has 0 spiro atoms. The van der Waals surface area contributed by atoms with E-state index in [0.29, 0.717) is 36.4 Å². The number of halogens is 4. The van der Waals surface area contributed by atoms with Gasteiger partial charge in [0.15, 0.2) is 5.72 Å². The van der Waals surface area contributed by atoms with Crippen molar-refractivity contribution in [1.29, 1.82) is 0 Å². The number of fused-ring (bicyclic) bond motifs is 1. The molecule has 11 heteroatoms. The number of carbonyl (C=O) groups is 1. The Hall–Kier alpha value is -2.01. The van der Waals surface area contributed by atoms with E-state index in [9.17, 15) is 23.1 Å². The van der Waals surface area contributed by atoms with E-state index >= 15 is 0 Å². The smallest absolute Gasteiger partial charge is 0.383 e. The summed E-state index contributed by atoms with van der Waals surface area (Å²) < 4.78 is 40.2. The van der Waals surface area contributed by atoms with E-state index in [1.807, 2.05) is 12.1 Å². The predicted molar refractivity (Wildman–Crippen MR) is 127 cm³/mol. The van der Waals surface area contributed by atoms with Crippen molar-refractivity contribution in [2.45, 2.75) is 31.0 Å². The maximum atomic E-state index is 13.4. The van der Waals surface area contributed by atoms with Crippen LogP contribution in [-0.4, -0.2) is 70.0 Å². The largest absolute Gasteiger partial charge is 0.404 e. The Morgan fingerprint density at radius 3 is 2.73 bits per heavy atom. The molecule has 6 nitrogen and oxygen atoms in total. The Morgan fingerprint density at radius 1 is 1.27 bits per heavy atom. The summed E-state index contributed by atoms with van der Waals surface area (Å²) in [6, 6.07) is 7.31. The van der Waals surface area contributed by atoms with Crippen molar-refractivity contribution in [2.75, 3.05) is 37.2 Å². The molecule has 2 aromatic rings. The molecule has 0 radical (unpaired) electrons. The molecule has 1 amide bonds. The normalized spacial score (nSPS) is 19.8. The van der Waals surface area contributed by atoms with Crippen LogP contribution in [-0.2, 0) is 4.79 Å². The lowest BCUT2D eigenvalue weighted by Crippen LogP contribution is -2.48. The average molecular weight is 503 g/mol. The molecule has 0 fully saturated rings. The van der Waals surface area contributed by atoms with E-state index in [2.05, 4.69) is 15.6 Å². The van der Waals surface area contributed by atoms with Gasteiger partial charge in [-0.2, -0.15) is 13.2 Å². The zero-order valence-electron chi connectivity index (χ0n) is 18.2. The Balaban J connectivity index is 1.51. The quantitative estimate of drug-likeness (QED) is 0.425. The molecular weight excluding hydrogens is 477 g/mol. The van der Waals surface area contributed by atoms with Gasteiger partial charge in [0.05, 0.1) is 5.52 Å². The number of anilines is 1. The van der Waals surface area contributed by atoms with Crippen LogP contribution in [0.1, 0.15) is 13.8 Å². The first-order valence-corrected chi connectivity index (χ1v) is 11.9. The first kappa shape index (κ1) is 25.6. The van der Waals surface area contributed by atoms with Gasteiger partial charge in [-0.25, -0.2) is 0 Å². The molecule has 1 aromatic carbocycles. The van der Waals surface area contributed by atoms with Crippen molar-refractivity contribution < 1.29 is 23.1 Å². The van der Waals surface area contributed by atoms with Gasteiger partial charge in [0, 0.05) is 54.0 Å². The number of hydrogen-bond donors (Lipinski definition) is 3. The summed E-state index contributed by atoms with van der Waals surface area (Å²) in [4.78, 5) is 18.0. The maximum Gasteiger partial charge on any atom is 0.404 e. The summed E-state index contributed by atoms with van der Waals surface area (Å²) in [6.45, 7) is 4.42. The van der Waals surface area contributed by atoms with Crippen molar-refractivity contribution in [3.63, 3.8) is 0 Å². The van der Waals surface area contributed by atoms with Crippen LogP contribution < -0.4 is 10.6 Å². The van der Waals surface area contributed by atoms with Crippen molar-refractivity contribution in [3.05, 3.63) is 47.1 Å². The number of hydrogen-bond acceptors (Lipinski definition) is 6. The predicted octanol–water partition coefficient (Wildman–Crippen LogP) is 4.05. The number of thioether (sulfide) groups is 1. The monoisotopic (exact) mass is 502 g/mol. The number of rotatable bonds is 10. The second-order valence-corrected chi connectivity index (χ2v) is 9.54. The van der Waals surface area contributed by atoms with Crippen LogP contribution in [0, 0.1) is 0 Å². The summed E-state index contributed by atoms with van der Waals surface area (Å²) in [7, 11) is 0. The van der Waals surface area contributed by atoms with Crippen molar-refractivity contribution in [3.8, 4) is 0 Å². The Labute approximate surface area is 199 Å². The van der Waals surface area contributed by atoms with Gasteiger partial charge in [-0.05, 0) is 43.0 Å². The van der Waals surface area contributed by atoms with Crippen LogP contribution in [0.5, 0.6) is 0 Å². The van der Waals surface area contributed by atoms with Gasteiger partial charge in [-0.15, -0.1) is 11.8 Å². The van der Waals surface area contributed by atoms with Crippen molar-refractivity contribution in [2.24, 2.45) is 0 Å². The lowest BCUT2D eigenvalue weighted by molar-refractivity contribution is -0.144. The minimum absolute atomic E-state index is 0.0733. The number of alkyl halides is 3. The lowest BCUT2D eigenvalue weighted by Gasteiger charge is -2.30. The van der Waals surface area contributed by atoms with E-state index in [1.54, 1.807) is 25.3 Å². The number of aromatic nitrogens is 1. The van der Waals surface area contributed by atoms with Crippen molar-refractivity contribution in [1.82, 2.24) is 15.2 Å². The second kappa shape index (κ2) is 10.5. The molecule has 1 aliphatic heterocycles. The van der Waals surface area contributed by atoms with Gasteiger partial charge in [-0.3, -0.25) is 9.78 Å². The van der Waals surface area contributed by atoms with Crippen LogP contribution >= 0.6 is 23.4 Å². The summed E-state index contributed by atoms with van der Waals surface area (Å²) in [6.07, 6.45) is -1.86. The van der Waals surface area contributed by atoms with E-state index in [4.69, 9.17) is 11.6 Å². The zero-order chi connectivity index (χ0) is 24.2. The van der Waals surface area contributed by atoms with Gasteiger partial charge < -0.3 is 20.6 Å². The molecule has 1 aromatic heterocycles. The summed E-state index contributed by atoms with van der Waals surface area (Å²) in [5, 5.41) is 16.6. The number of carbonyl (C=O) groups excluding carboxylic acids is 1. The highest BCUT2D eigenvalue weighted by Gasteiger charge is 2.50. The third kappa shape index (κ3) is 6.11. The van der Waals surface area contributed by atoms with Crippen LogP contribution in [0.2, 0.25) is 5.02 Å². The maximum absolute atomic E-state index is 13.4. The second-order valence-electron chi connectivity index (χ2n) is 7.72. The molecule has 0 bridgehead atoms. The minimum atomic E-state index is -4.57. The molecule has 180 valence electrons. The highest BCUT2D eigenvalue weighted by molar-refractivity contribution is 8.00. The number of nitrogens with one attached hydrogen (secondary N) is 2. The molecule has 2 heterocycles. The molecule has 0 saturated carbocycles. The van der Waals surface area contributed by atoms with Crippen molar-refractivity contribution >= 4 is 45.9 Å². The molecule has 0 saturated heterocycles. The molecular formula is C22H26ClF3N4O2S. The first-order chi connectivity index (χ1) is 15.5. The third-order valence-corrected chi connectivity index (χ3v) is 6.64. The van der Waals surface area contributed by atoms with Crippen LogP contribution in [0.3, 0.4) is 0 Å². The van der Waals surface area contributed by atoms with Crippen LogP contribution in [0.25, 0.3) is 10.9 Å². The highest BCUT2D eigenvalue weighted by atomic mass is 35.5. The van der Waals surface area contributed by atoms with E-state index in [0.717, 1.165) is 27.6 Å². The summed E-state index contributed by atoms with van der Waals surface area (Å²) in [5.41, 5.74) is -0.499. The van der Waals surface area contributed by atoms with Gasteiger partial charge in [0.1, 0.15) is 5.25 Å². The average Bonchev–Trinajstić information content (AvgIpc) is 2.96. The number of aliphatic hydroxyl groups is 1. The SMILES string of the molecule is CCSC(C1=CC(C)(O)N(CCNCCNc2ccnc3cc(Cl)ccc23)C1=O)C(F)(F)F. The Bertz CT molecular complexity index is 1030. The van der Waals surface area contributed by atoms with E-state index < -0.39 is 28.6 Å². The minimum Gasteiger partial charge on any atom is -0.383 e. The Kier molecular flexibility index (Phi) is 8.15. The zero-order valence-corrected chi connectivity index (χ0v) is 19.8. The fraction of sp³-hybridized carbons (Fsp3) is 0.455. The molecule has 33 heavy (non-hydrogen) atoms. The van der Waals surface area contributed by atoms with Gasteiger partial charge >= 0.3 is 6.18 Å². The third-order valence-electron chi connectivity index (χ3n) is 5.21.